The van der Waals surface area contributed by atoms with Crippen LogP contribution in [0.15, 0.2) is 24.3 Å². The van der Waals surface area contributed by atoms with Crippen molar-refractivity contribution in [2.45, 2.75) is 19.4 Å². The first-order valence-corrected chi connectivity index (χ1v) is 5.09. The fourth-order valence-electron chi connectivity index (χ4n) is 1.54. The van der Waals surface area contributed by atoms with Gasteiger partial charge < -0.3 is 0 Å². The molecule has 1 heterocycles. The van der Waals surface area contributed by atoms with Gasteiger partial charge in [-0.2, -0.15) is 0 Å². The summed E-state index contributed by atoms with van der Waals surface area (Å²) in [4.78, 5) is 10.9. The number of hydrogen-bond donors (Lipinski definition) is 2. The molecular weight excluding hydrogens is 206 g/mol. The van der Waals surface area contributed by atoms with Gasteiger partial charge in [-0.05, 0) is 18.6 Å². The van der Waals surface area contributed by atoms with E-state index in [1.165, 1.54) is 0 Å². The number of aromatic nitrogens is 3. The number of hydrazine groups is 1. The fraction of sp³-hybridized carbons (Fsp3) is 0.300. The third kappa shape index (κ3) is 2.17. The van der Waals surface area contributed by atoms with Crippen LogP contribution in [-0.4, -0.2) is 20.9 Å². The molecule has 0 atom stereocenters. The van der Waals surface area contributed by atoms with Crippen LogP contribution in [0.5, 0.6) is 0 Å². The number of hydrogen-bond acceptors (Lipinski definition) is 4. The van der Waals surface area contributed by atoms with Crippen LogP contribution in [0, 0.1) is 0 Å². The zero-order valence-electron chi connectivity index (χ0n) is 8.76. The highest BCUT2D eigenvalue weighted by atomic mass is 16.2. The molecule has 0 saturated carbocycles. The number of para-hydroxylation sites is 1. The summed E-state index contributed by atoms with van der Waals surface area (Å²) in [7, 11) is 0. The summed E-state index contributed by atoms with van der Waals surface area (Å²) in [5, 5.41) is 8.05. The Kier molecular flexibility index (Phi) is 3.11. The molecule has 0 bridgehead atoms. The van der Waals surface area contributed by atoms with Crippen molar-refractivity contribution in [3.8, 4) is 0 Å². The van der Waals surface area contributed by atoms with Crippen molar-refractivity contribution in [2.24, 2.45) is 5.84 Å². The van der Waals surface area contributed by atoms with Crippen LogP contribution >= 0.6 is 0 Å². The number of amides is 1. The minimum atomic E-state index is -0.163. The van der Waals surface area contributed by atoms with E-state index in [-0.39, 0.29) is 5.91 Å². The van der Waals surface area contributed by atoms with Crippen LogP contribution in [0.2, 0.25) is 0 Å². The highest BCUT2D eigenvalue weighted by molar-refractivity contribution is 5.75. The molecule has 0 aliphatic carbocycles. The second-order valence-electron chi connectivity index (χ2n) is 3.47. The predicted octanol–water partition coefficient (Wildman–Crippen LogP) is 0.201. The van der Waals surface area contributed by atoms with Crippen molar-refractivity contribution in [3.63, 3.8) is 0 Å². The van der Waals surface area contributed by atoms with Gasteiger partial charge in [0, 0.05) is 13.0 Å². The van der Waals surface area contributed by atoms with Crippen molar-refractivity contribution in [1.29, 1.82) is 0 Å². The molecule has 0 saturated heterocycles. The lowest BCUT2D eigenvalue weighted by Crippen LogP contribution is -2.29. The van der Waals surface area contributed by atoms with E-state index < -0.39 is 0 Å². The summed E-state index contributed by atoms with van der Waals surface area (Å²) in [6.07, 6.45) is 1.08. The molecule has 6 nitrogen and oxygen atoms in total. The summed E-state index contributed by atoms with van der Waals surface area (Å²) in [6, 6.07) is 7.72. The van der Waals surface area contributed by atoms with Crippen LogP contribution in [0.3, 0.4) is 0 Å². The van der Waals surface area contributed by atoms with E-state index >= 15 is 0 Å². The van der Waals surface area contributed by atoms with Gasteiger partial charge in [-0.3, -0.25) is 10.2 Å². The summed E-state index contributed by atoms with van der Waals surface area (Å²) in [5.41, 5.74) is 3.95. The number of carbonyl (C=O) groups is 1. The summed E-state index contributed by atoms with van der Waals surface area (Å²) >= 11 is 0. The maximum Gasteiger partial charge on any atom is 0.233 e. The molecule has 1 aromatic heterocycles. The van der Waals surface area contributed by atoms with Crippen LogP contribution < -0.4 is 11.3 Å². The lowest BCUT2D eigenvalue weighted by molar-refractivity contribution is -0.121. The predicted molar refractivity (Wildman–Crippen MR) is 59.1 cm³/mol. The summed E-state index contributed by atoms with van der Waals surface area (Å²) in [5.74, 6) is 4.83. The Hall–Kier alpha value is -1.95. The zero-order chi connectivity index (χ0) is 11.4. The number of nitrogens with two attached hydrogens (primary N) is 1. The van der Waals surface area contributed by atoms with Crippen molar-refractivity contribution in [2.75, 3.05) is 0 Å². The molecule has 0 aliphatic rings. The van der Waals surface area contributed by atoms with Gasteiger partial charge in [-0.25, -0.2) is 10.5 Å². The largest absolute Gasteiger partial charge is 0.294 e. The molecule has 2 aromatic rings. The first-order chi connectivity index (χ1) is 7.81. The fourth-order valence-corrected chi connectivity index (χ4v) is 1.54. The maximum atomic E-state index is 10.9. The van der Waals surface area contributed by atoms with Gasteiger partial charge in [0.25, 0.3) is 0 Å². The number of rotatable bonds is 4. The maximum absolute atomic E-state index is 10.9. The lowest BCUT2D eigenvalue weighted by atomic mass is 10.3. The van der Waals surface area contributed by atoms with Crippen LogP contribution in [-0.2, 0) is 11.3 Å². The van der Waals surface area contributed by atoms with Gasteiger partial charge in [0.1, 0.15) is 5.52 Å². The smallest absolute Gasteiger partial charge is 0.233 e. The standard InChI is InChI=1S/C10H13N5O/c11-12-10(16)6-3-7-15-9-5-2-1-4-8(9)13-14-15/h1-2,4-5H,3,6-7,11H2,(H,12,16). The molecule has 0 unspecified atom stereocenters. The SMILES string of the molecule is NNC(=O)CCCn1nnc2ccccc21. The molecule has 1 aromatic carbocycles. The van der Waals surface area contributed by atoms with Gasteiger partial charge in [0.15, 0.2) is 0 Å². The van der Waals surface area contributed by atoms with E-state index in [9.17, 15) is 4.79 Å². The molecule has 0 fully saturated rings. The molecule has 2 rings (SSSR count). The van der Waals surface area contributed by atoms with E-state index in [4.69, 9.17) is 5.84 Å². The Labute approximate surface area is 92.4 Å². The Balaban J connectivity index is 2.02. The third-order valence-corrected chi connectivity index (χ3v) is 2.35. The van der Waals surface area contributed by atoms with E-state index in [1.807, 2.05) is 24.3 Å². The van der Waals surface area contributed by atoms with Crippen molar-refractivity contribution < 1.29 is 4.79 Å². The number of carbonyl (C=O) groups excluding carboxylic acids is 1. The third-order valence-electron chi connectivity index (χ3n) is 2.35. The molecule has 16 heavy (non-hydrogen) atoms. The molecule has 0 aliphatic heterocycles. The minimum absolute atomic E-state index is 0.163. The Morgan fingerprint density at radius 1 is 1.44 bits per heavy atom. The first kappa shape index (κ1) is 10.6. The van der Waals surface area contributed by atoms with Crippen molar-refractivity contribution in [3.05, 3.63) is 24.3 Å². The molecular formula is C10H13N5O. The average molecular weight is 219 g/mol. The average Bonchev–Trinajstić information content (AvgIpc) is 2.73. The van der Waals surface area contributed by atoms with Crippen molar-refractivity contribution >= 4 is 16.9 Å². The number of aryl methyl sites for hydroxylation is 1. The highest BCUT2D eigenvalue weighted by Gasteiger charge is 2.04. The number of fused-ring (bicyclic) bond motifs is 1. The van der Waals surface area contributed by atoms with E-state index in [1.54, 1.807) is 4.68 Å². The van der Waals surface area contributed by atoms with Crippen LogP contribution in [0.4, 0.5) is 0 Å². The molecule has 1 amide bonds. The molecule has 0 spiro atoms. The van der Waals surface area contributed by atoms with Crippen LogP contribution in [0.1, 0.15) is 12.8 Å². The topological polar surface area (TPSA) is 85.8 Å². The van der Waals surface area contributed by atoms with E-state index in [2.05, 4.69) is 15.7 Å². The second-order valence-corrected chi connectivity index (χ2v) is 3.47. The van der Waals surface area contributed by atoms with Crippen LogP contribution in [0.25, 0.3) is 11.0 Å². The Morgan fingerprint density at radius 3 is 3.06 bits per heavy atom. The molecule has 3 N–H and O–H groups in total. The minimum Gasteiger partial charge on any atom is -0.294 e. The second kappa shape index (κ2) is 4.71. The number of nitrogens with one attached hydrogen (secondary N) is 1. The Morgan fingerprint density at radius 2 is 2.25 bits per heavy atom. The normalized spacial score (nSPS) is 10.6. The monoisotopic (exact) mass is 219 g/mol. The van der Waals surface area contributed by atoms with Crippen molar-refractivity contribution in [1.82, 2.24) is 20.4 Å². The molecule has 6 heteroatoms. The van der Waals surface area contributed by atoms with Gasteiger partial charge >= 0.3 is 0 Å². The highest BCUT2D eigenvalue weighted by Crippen LogP contribution is 2.10. The number of nitrogens with zero attached hydrogens (tertiary/aromatic N) is 3. The zero-order valence-corrected chi connectivity index (χ0v) is 8.76. The van der Waals surface area contributed by atoms with E-state index in [0.717, 1.165) is 11.0 Å². The van der Waals surface area contributed by atoms with Gasteiger partial charge in [0.2, 0.25) is 5.91 Å². The van der Waals surface area contributed by atoms with Gasteiger partial charge in [-0.1, -0.05) is 17.3 Å². The van der Waals surface area contributed by atoms with Gasteiger partial charge in [0.05, 0.1) is 5.52 Å². The lowest BCUT2D eigenvalue weighted by Gasteiger charge is -2.01. The number of benzene rings is 1. The van der Waals surface area contributed by atoms with Gasteiger partial charge in [-0.15, -0.1) is 5.10 Å². The molecule has 84 valence electrons. The Bertz CT molecular complexity index is 493. The summed E-state index contributed by atoms with van der Waals surface area (Å²) < 4.78 is 1.79. The first-order valence-electron chi connectivity index (χ1n) is 5.09. The summed E-state index contributed by atoms with van der Waals surface area (Å²) in [6.45, 7) is 0.661. The molecule has 0 radical (unpaired) electrons. The van der Waals surface area contributed by atoms with E-state index in [0.29, 0.717) is 19.4 Å². The quantitative estimate of drug-likeness (QED) is 0.437.